The first-order valence-electron chi connectivity index (χ1n) is 4.51. The first-order valence-corrected chi connectivity index (χ1v) is 4.51. The van der Waals surface area contributed by atoms with Crippen molar-refractivity contribution in [3.8, 4) is 23.8 Å². The van der Waals surface area contributed by atoms with Gasteiger partial charge in [-0.15, -0.1) is 19.6 Å². The van der Waals surface area contributed by atoms with Gasteiger partial charge in [0.05, 0.1) is 11.5 Å². The number of hydrogen-bond acceptors (Lipinski definition) is 4. The summed E-state index contributed by atoms with van der Waals surface area (Å²) in [6.45, 7) is -0.296. The Morgan fingerprint density at radius 1 is 1.39 bits per heavy atom. The van der Waals surface area contributed by atoms with Crippen molar-refractivity contribution in [2.75, 3.05) is 6.61 Å². The second-order valence-electron chi connectivity index (χ2n) is 2.96. The van der Waals surface area contributed by atoms with Crippen molar-refractivity contribution in [3.63, 3.8) is 0 Å². The molecule has 0 spiro atoms. The monoisotopic (exact) mass is 259 g/mol. The van der Waals surface area contributed by atoms with Crippen molar-refractivity contribution in [3.05, 3.63) is 23.8 Å². The normalized spacial score (nSPS) is 10.6. The molecule has 1 aromatic carbocycles. The summed E-state index contributed by atoms with van der Waals surface area (Å²) >= 11 is 0. The lowest BCUT2D eigenvalue weighted by molar-refractivity contribution is -0.276. The number of alkyl halides is 3. The largest absolute Gasteiger partial charge is 0.573 e. The second-order valence-corrected chi connectivity index (χ2v) is 2.96. The van der Waals surface area contributed by atoms with Crippen LogP contribution in [-0.2, 0) is 0 Å². The maximum Gasteiger partial charge on any atom is 0.573 e. The van der Waals surface area contributed by atoms with Gasteiger partial charge in [-0.3, -0.25) is 0 Å². The predicted molar refractivity (Wildman–Crippen MR) is 51.8 cm³/mol. The van der Waals surface area contributed by atoms with Gasteiger partial charge in [0.15, 0.2) is 0 Å². The molecule has 0 fully saturated rings. The van der Waals surface area contributed by atoms with Crippen LogP contribution in [0.15, 0.2) is 18.2 Å². The van der Waals surface area contributed by atoms with Crippen LogP contribution in [0, 0.1) is 12.3 Å². The summed E-state index contributed by atoms with van der Waals surface area (Å²) in [6, 6.07) is 3.12. The summed E-state index contributed by atoms with van der Waals surface area (Å²) in [7, 11) is 0. The maximum absolute atomic E-state index is 12.1. The molecule has 0 atom stereocenters. The van der Waals surface area contributed by atoms with E-state index in [9.17, 15) is 23.1 Å². The lowest BCUT2D eigenvalue weighted by Crippen LogP contribution is -2.26. The fraction of sp³-hybridized carbons (Fsp3) is 0.182. The minimum atomic E-state index is -5.02. The predicted octanol–water partition coefficient (Wildman–Crippen LogP) is 0.961. The lowest BCUT2D eigenvalue weighted by atomic mass is 10.2. The number of ether oxygens (including phenoxy) is 2. The van der Waals surface area contributed by atoms with Gasteiger partial charge in [-0.25, -0.2) is 0 Å². The molecule has 96 valence electrons. The minimum absolute atomic E-state index is 0.296. The summed E-state index contributed by atoms with van der Waals surface area (Å²) in [4.78, 5) is 10.8. The van der Waals surface area contributed by atoms with Gasteiger partial charge in [0.25, 0.3) is 0 Å². The minimum Gasteiger partial charge on any atom is -0.545 e. The summed E-state index contributed by atoms with van der Waals surface area (Å²) in [5.41, 5.74) is -0.843. The van der Waals surface area contributed by atoms with Crippen molar-refractivity contribution in [2.24, 2.45) is 0 Å². The molecule has 1 rings (SSSR count). The maximum atomic E-state index is 12.1. The van der Waals surface area contributed by atoms with Crippen molar-refractivity contribution in [1.82, 2.24) is 0 Å². The van der Waals surface area contributed by atoms with Crippen LogP contribution in [0.4, 0.5) is 13.2 Å². The molecule has 0 aromatic heterocycles. The molecule has 0 aliphatic carbocycles. The highest BCUT2D eigenvalue weighted by molar-refractivity contribution is 5.92. The van der Waals surface area contributed by atoms with Crippen molar-refractivity contribution < 1.29 is 32.5 Å². The molecule has 0 saturated carbocycles. The Balaban J connectivity index is 3.18. The Labute approximate surface area is 99.9 Å². The molecule has 0 aliphatic rings. The van der Waals surface area contributed by atoms with Gasteiger partial charge in [-0.05, 0) is 12.1 Å². The zero-order chi connectivity index (χ0) is 13.8. The number of aromatic carboxylic acids is 1. The van der Waals surface area contributed by atoms with Gasteiger partial charge in [0.1, 0.15) is 18.1 Å². The highest BCUT2D eigenvalue weighted by Crippen LogP contribution is 2.32. The van der Waals surface area contributed by atoms with E-state index in [1.807, 2.05) is 0 Å². The molecule has 0 amide bonds. The van der Waals surface area contributed by atoms with Crippen molar-refractivity contribution >= 4 is 5.97 Å². The molecular formula is C11H6F3O4-. The topological polar surface area (TPSA) is 58.6 Å². The smallest absolute Gasteiger partial charge is 0.545 e. The third kappa shape index (κ3) is 3.59. The summed E-state index contributed by atoms with van der Waals surface area (Å²) in [5.74, 6) is -1.08. The zero-order valence-electron chi connectivity index (χ0n) is 8.78. The van der Waals surface area contributed by atoms with E-state index in [1.54, 1.807) is 0 Å². The van der Waals surface area contributed by atoms with Crippen LogP contribution in [0.3, 0.4) is 0 Å². The van der Waals surface area contributed by atoms with E-state index < -0.39 is 23.6 Å². The van der Waals surface area contributed by atoms with Crippen LogP contribution >= 0.6 is 0 Å². The average Bonchev–Trinajstić information content (AvgIpc) is 2.23. The van der Waals surface area contributed by atoms with Crippen LogP contribution in [0.5, 0.6) is 11.5 Å². The van der Waals surface area contributed by atoms with E-state index in [4.69, 9.17) is 11.2 Å². The highest BCUT2D eigenvalue weighted by atomic mass is 19.4. The number of hydrogen-bond donors (Lipinski definition) is 0. The van der Waals surface area contributed by atoms with Crippen LogP contribution in [-0.4, -0.2) is 18.9 Å². The van der Waals surface area contributed by atoms with Gasteiger partial charge >= 0.3 is 6.36 Å². The van der Waals surface area contributed by atoms with E-state index >= 15 is 0 Å². The standard InChI is InChI=1S/C11H7F3O4/c1-2-6-17-7-4-3-5-8(9(7)10(15)16)18-11(12,13)14/h1,3-5H,6H2,(H,15,16)/p-1. The second kappa shape index (κ2) is 5.31. The number of benzene rings is 1. The van der Waals surface area contributed by atoms with E-state index in [2.05, 4.69) is 10.7 Å². The van der Waals surface area contributed by atoms with E-state index in [0.29, 0.717) is 0 Å². The molecule has 0 bridgehead atoms. The molecule has 0 radical (unpaired) electrons. The number of rotatable bonds is 4. The summed E-state index contributed by atoms with van der Waals surface area (Å²) in [5, 5.41) is 10.8. The molecule has 1 aromatic rings. The molecule has 0 saturated heterocycles. The molecule has 7 heteroatoms. The van der Waals surface area contributed by atoms with Gasteiger partial charge in [-0.1, -0.05) is 12.0 Å². The molecule has 0 unspecified atom stereocenters. The number of carbonyl (C=O) groups excluding carboxylic acids is 1. The number of terminal acetylenes is 1. The van der Waals surface area contributed by atoms with Gasteiger partial charge in [0.2, 0.25) is 0 Å². The quantitative estimate of drug-likeness (QED) is 0.756. The van der Waals surface area contributed by atoms with Crippen molar-refractivity contribution in [2.45, 2.75) is 6.36 Å². The third-order valence-corrected chi connectivity index (χ3v) is 1.73. The van der Waals surface area contributed by atoms with Gasteiger partial charge in [-0.2, -0.15) is 0 Å². The number of carboxylic acid groups (broad SMARTS) is 1. The first-order chi connectivity index (χ1) is 8.35. The van der Waals surface area contributed by atoms with E-state index in [-0.39, 0.29) is 12.4 Å². The first kappa shape index (κ1) is 13.7. The Kier molecular flexibility index (Phi) is 4.05. The zero-order valence-corrected chi connectivity index (χ0v) is 8.78. The van der Waals surface area contributed by atoms with Crippen LogP contribution < -0.4 is 14.6 Å². The number of halogens is 3. The SMILES string of the molecule is C#CCOc1cccc(OC(F)(F)F)c1C(=O)[O-]. The Bertz CT molecular complexity index is 488. The Morgan fingerprint density at radius 2 is 2.00 bits per heavy atom. The molecule has 4 nitrogen and oxygen atoms in total. The molecule has 0 N–H and O–H groups in total. The summed E-state index contributed by atoms with van der Waals surface area (Å²) < 4.78 is 44.5. The average molecular weight is 259 g/mol. The lowest BCUT2D eigenvalue weighted by Gasteiger charge is -2.16. The van der Waals surface area contributed by atoms with Crippen LogP contribution in [0.25, 0.3) is 0 Å². The Hall–Kier alpha value is -2.36. The van der Waals surface area contributed by atoms with E-state index in [1.165, 1.54) is 0 Å². The summed E-state index contributed by atoms with van der Waals surface area (Å²) in [6.07, 6.45) is -0.126. The third-order valence-electron chi connectivity index (χ3n) is 1.73. The van der Waals surface area contributed by atoms with Crippen molar-refractivity contribution in [1.29, 1.82) is 0 Å². The van der Waals surface area contributed by atoms with Gasteiger partial charge in [0, 0.05) is 0 Å². The fourth-order valence-electron chi connectivity index (χ4n) is 1.16. The fourth-order valence-corrected chi connectivity index (χ4v) is 1.16. The van der Waals surface area contributed by atoms with E-state index in [0.717, 1.165) is 18.2 Å². The highest BCUT2D eigenvalue weighted by Gasteiger charge is 2.32. The number of carbonyl (C=O) groups is 1. The Morgan fingerprint density at radius 3 is 2.50 bits per heavy atom. The molecule has 0 aliphatic heterocycles. The number of carboxylic acids is 1. The molecule has 18 heavy (non-hydrogen) atoms. The van der Waals surface area contributed by atoms with Crippen LogP contribution in [0.2, 0.25) is 0 Å². The molecule has 0 heterocycles. The van der Waals surface area contributed by atoms with Gasteiger partial charge < -0.3 is 19.4 Å². The van der Waals surface area contributed by atoms with Crippen LogP contribution in [0.1, 0.15) is 10.4 Å². The molecular weight excluding hydrogens is 253 g/mol.